The third kappa shape index (κ3) is 7.56. The van der Waals surface area contributed by atoms with Crippen LogP contribution in [0.1, 0.15) is 154 Å². The average molecular weight is 572 g/mol. The first-order valence-electron chi connectivity index (χ1n) is 18.9. The molecule has 0 aromatic carbocycles. The van der Waals surface area contributed by atoms with Crippen LogP contribution in [0.4, 0.5) is 0 Å². The molecule has 1 heterocycles. The fourth-order valence-electron chi connectivity index (χ4n) is 11.5. The predicted octanol–water partition coefficient (Wildman–Crippen LogP) is 7.63. The standard InChI is InChI=1S/C37H66N2O2/c1-40-33-22-23-34(37(26-33)41-2)36-25-29(24-35(38-36)28-12-6-3-7-13-28)27-18-20-32(21-19-27)39(30-14-8-4-9-15-30)31-16-10-5-11-17-31/h27-38H,3-26H2,1-2H3/p+1. The van der Waals surface area contributed by atoms with Crippen molar-refractivity contribution in [2.45, 2.75) is 197 Å². The number of ether oxygens (including phenoxy) is 2. The number of nitrogens with two attached hydrogens (primary N) is 1. The van der Waals surface area contributed by atoms with Crippen LogP contribution in [0.25, 0.3) is 0 Å². The van der Waals surface area contributed by atoms with Crippen LogP contribution < -0.4 is 5.32 Å². The lowest BCUT2D eigenvalue weighted by atomic mass is 9.66. The van der Waals surface area contributed by atoms with Gasteiger partial charge in [0, 0.05) is 63.4 Å². The van der Waals surface area contributed by atoms with Gasteiger partial charge >= 0.3 is 0 Å². The Bertz CT molecular complexity index is 732. The Labute approximate surface area is 253 Å². The lowest BCUT2D eigenvalue weighted by Crippen LogP contribution is -3.00. The molecule has 4 nitrogen and oxygen atoms in total. The minimum absolute atomic E-state index is 0.385. The van der Waals surface area contributed by atoms with Crippen molar-refractivity contribution in [3.8, 4) is 0 Å². The van der Waals surface area contributed by atoms with Gasteiger partial charge in [-0.3, -0.25) is 4.90 Å². The van der Waals surface area contributed by atoms with E-state index in [1.165, 1.54) is 148 Å². The van der Waals surface area contributed by atoms with Gasteiger partial charge in [-0.15, -0.1) is 0 Å². The highest BCUT2D eigenvalue weighted by Crippen LogP contribution is 2.44. The second-order valence-electron chi connectivity index (χ2n) is 15.9. The maximum atomic E-state index is 6.20. The Morgan fingerprint density at radius 3 is 1.61 bits per heavy atom. The Morgan fingerprint density at radius 2 is 1.02 bits per heavy atom. The molecule has 1 aliphatic heterocycles. The third-order valence-corrected chi connectivity index (χ3v) is 13.7. The fourth-order valence-corrected chi connectivity index (χ4v) is 11.5. The molecule has 0 spiro atoms. The largest absolute Gasteiger partial charge is 0.381 e. The molecule has 6 rings (SSSR count). The zero-order chi connectivity index (χ0) is 28.0. The number of rotatable bonds is 8. The molecule has 0 aromatic rings. The summed E-state index contributed by atoms with van der Waals surface area (Å²) in [4.78, 5) is 3.19. The summed E-state index contributed by atoms with van der Waals surface area (Å²) < 4.78 is 12.0. The van der Waals surface area contributed by atoms with Crippen LogP contribution in [0.15, 0.2) is 0 Å². The summed E-state index contributed by atoms with van der Waals surface area (Å²) in [5.74, 6) is 3.61. The van der Waals surface area contributed by atoms with E-state index in [0.717, 1.165) is 54.4 Å². The normalized spacial score (nSPS) is 41.0. The number of hydrogen-bond acceptors (Lipinski definition) is 3. The Hall–Kier alpha value is -0.160. The number of quaternary nitrogens is 1. The summed E-state index contributed by atoms with van der Waals surface area (Å²) in [6.45, 7) is 0. The van der Waals surface area contributed by atoms with Crippen LogP contribution in [0, 0.1) is 23.7 Å². The molecule has 6 atom stereocenters. The van der Waals surface area contributed by atoms with Crippen LogP contribution in [0.3, 0.4) is 0 Å². The van der Waals surface area contributed by atoms with E-state index >= 15 is 0 Å². The van der Waals surface area contributed by atoms with Gasteiger partial charge in [0.1, 0.15) is 0 Å². The maximum Gasteiger partial charge on any atom is 0.0917 e. The molecular formula is C37H67N2O2+. The summed E-state index contributed by atoms with van der Waals surface area (Å²) >= 11 is 0. The van der Waals surface area contributed by atoms with Gasteiger partial charge < -0.3 is 14.8 Å². The first kappa shape index (κ1) is 30.8. The van der Waals surface area contributed by atoms with Gasteiger partial charge in [-0.1, -0.05) is 57.8 Å². The van der Waals surface area contributed by atoms with Gasteiger partial charge in [-0.25, -0.2) is 0 Å². The van der Waals surface area contributed by atoms with E-state index in [2.05, 4.69) is 10.2 Å². The van der Waals surface area contributed by atoms with Crippen LogP contribution in [0.5, 0.6) is 0 Å². The van der Waals surface area contributed by atoms with Crippen LogP contribution in [-0.2, 0) is 9.47 Å². The molecule has 2 N–H and O–H groups in total. The topological polar surface area (TPSA) is 38.3 Å². The van der Waals surface area contributed by atoms with Crippen molar-refractivity contribution in [3.63, 3.8) is 0 Å². The monoisotopic (exact) mass is 572 g/mol. The average Bonchev–Trinajstić information content (AvgIpc) is 3.06. The molecule has 6 aliphatic rings. The Kier molecular flexibility index (Phi) is 11.5. The molecule has 0 aromatic heterocycles. The van der Waals surface area contributed by atoms with E-state index in [0.29, 0.717) is 18.1 Å². The van der Waals surface area contributed by atoms with Crippen molar-refractivity contribution in [2.24, 2.45) is 23.7 Å². The highest BCUT2D eigenvalue weighted by Gasteiger charge is 2.47. The molecule has 0 bridgehead atoms. The fraction of sp³-hybridized carbons (Fsp3) is 1.00. The second-order valence-corrected chi connectivity index (χ2v) is 15.9. The van der Waals surface area contributed by atoms with Crippen molar-refractivity contribution in [2.75, 3.05) is 14.2 Å². The lowest BCUT2D eigenvalue weighted by Gasteiger charge is -2.50. The first-order chi connectivity index (χ1) is 20.2. The van der Waals surface area contributed by atoms with E-state index in [9.17, 15) is 0 Å². The molecule has 4 heteroatoms. The Morgan fingerprint density at radius 1 is 0.463 bits per heavy atom. The van der Waals surface area contributed by atoms with Crippen molar-refractivity contribution >= 4 is 0 Å². The molecule has 6 unspecified atom stereocenters. The molecule has 6 fully saturated rings. The van der Waals surface area contributed by atoms with Gasteiger partial charge in [0.2, 0.25) is 0 Å². The van der Waals surface area contributed by atoms with Gasteiger partial charge in [-0.05, 0) is 88.9 Å². The quantitative estimate of drug-likeness (QED) is 0.325. The van der Waals surface area contributed by atoms with Gasteiger partial charge in [0.25, 0.3) is 0 Å². The molecule has 236 valence electrons. The van der Waals surface area contributed by atoms with Crippen molar-refractivity contribution in [1.29, 1.82) is 0 Å². The number of piperidine rings is 1. The molecule has 5 saturated carbocycles. The predicted molar refractivity (Wildman–Crippen MR) is 169 cm³/mol. The molecule has 0 amide bonds. The van der Waals surface area contributed by atoms with Crippen molar-refractivity contribution in [1.82, 2.24) is 4.90 Å². The van der Waals surface area contributed by atoms with Crippen molar-refractivity contribution in [3.05, 3.63) is 0 Å². The van der Waals surface area contributed by atoms with Crippen molar-refractivity contribution < 1.29 is 14.8 Å². The van der Waals surface area contributed by atoms with Crippen LogP contribution in [-0.4, -0.2) is 61.5 Å². The summed E-state index contributed by atoms with van der Waals surface area (Å²) in [7, 11) is 3.87. The number of methoxy groups -OCH3 is 2. The highest BCUT2D eigenvalue weighted by molar-refractivity contribution is 4.95. The highest BCUT2D eigenvalue weighted by atomic mass is 16.5. The van der Waals surface area contributed by atoms with E-state index in [1.807, 2.05) is 14.2 Å². The second kappa shape index (κ2) is 15.2. The van der Waals surface area contributed by atoms with E-state index in [4.69, 9.17) is 9.47 Å². The Balaban J connectivity index is 1.13. The van der Waals surface area contributed by atoms with Gasteiger partial charge in [0.05, 0.1) is 24.3 Å². The third-order valence-electron chi connectivity index (χ3n) is 13.7. The van der Waals surface area contributed by atoms with Gasteiger partial charge in [-0.2, -0.15) is 0 Å². The minimum atomic E-state index is 0.385. The smallest absolute Gasteiger partial charge is 0.0917 e. The van der Waals surface area contributed by atoms with E-state index in [-0.39, 0.29) is 0 Å². The summed E-state index contributed by atoms with van der Waals surface area (Å²) in [5.41, 5.74) is 0. The molecule has 1 saturated heterocycles. The molecule has 5 aliphatic carbocycles. The summed E-state index contributed by atoms with van der Waals surface area (Å²) in [6.07, 6.45) is 35.7. The minimum Gasteiger partial charge on any atom is -0.381 e. The van der Waals surface area contributed by atoms with E-state index < -0.39 is 0 Å². The molecular weight excluding hydrogens is 504 g/mol. The zero-order valence-electron chi connectivity index (χ0n) is 27.2. The summed E-state index contributed by atoms with van der Waals surface area (Å²) in [6, 6.07) is 4.34. The maximum absolute atomic E-state index is 6.20. The SMILES string of the molecule is COC1CCC(C2CC(C3CCC(N(C4CCCCC4)C4CCCCC4)CC3)CC(C3CCCCC3)[NH2+]2)C(OC)C1. The molecule has 41 heavy (non-hydrogen) atoms. The number of nitrogens with zero attached hydrogens (tertiary/aromatic N) is 1. The van der Waals surface area contributed by atoms with Crippen LogP contribution >= 0.6 is 0 Å². The molecule has 0 radical (unpaired) electrons. The van der Waals surface area contributed by atoms with E-state index in [1.54, 1.807) is 0 Å². The summed E-state index contributed by atoms with van der Waals surface area (Å²) in [5, 5.41) is 2.93. The zero-order valence-corrected chi connectivity index (χ0v) is 27.2. The number of hydrogen-bond donors (Lipinski definition) is 1. The van der Waals surface area contributed by atoms with Gasteiger partial charge in [0.15, 0.2) is 0 Å². The first-order valence-corrected chi connectivity index (χ1v) is 18.9. The van der Waals surface area contributed by atoms with Crippen LogP contribution in [0.2, 0.25) is 0 Å². The lowest BCUT2D eigenvalue weighted by molar-refractivity contribution is -0.747.